The Hall–Kier alpha value is -1.24. The number of benzene rings is 1. The van der Waals surface area contributed by atoms with Gasteiger partial charge in [0.05, 0.1) is 9.35 Å². The number of hydrogen-bond donors (Lipinski definition) is 1. The van der Waals surface area contributed by atoms with Gasteiger partial charge in [0.15, 0.2) is 0 Å². The van der Waals surface area contributed by atoms with Crippen LogP contribution in [0.25, 0.3) is 21.1 Å². The Morgan fingerprint density at radius 2 is 2.17 bits per heavy atom. The number of nitrogens with two attached hydrogens (primary N) is 1. The first-order valence-electron chi connectivity index (χ1n) is 5.02. The number of hydrogen-bond acceptors (Lipinski definition) is 4. The molecular formula is C12H6BrNO2S2. The molecule has 0 atom stereocenters. The number of halogens is 1. The first-order chi connectivity index (χ1) is 8.56. The molecule has 1 aromatic carbocycles. The maximum absolute atomic E-state index is 11.8. The van der Waals surface area contributed by atoms with E-state index in [1.165, 1.54) is 0 Å². The van der Waals surface area contributed by atoms with Crippen molar-refractivity contribution in [3.8, 4) is 0 Å². The van der Waals surface area contributed by atoms with Crippen molar-refractivity contribution < 1.29 is 4.42 Å². The maximum atomic E-state index is 11.8. The van der Waals surface area contributed by atoms with Crippen LogP contribution in [0.2, 0.25) is 0 Å². The molecule has 3 nitrogen and oxygen atoms in total. The second kappa shape index (κ2) is 4.15. The van der Waals surface area contributed by atoms with Gasteiger partial charge in [-0.15, -0.1) is 11.3 Å². The van der Waals surface area contributed by atoms with Gasteiger partial charge in [-0.1, -0.05) is 12.2 Å². The molecule has 3 aromatic rings. The van der Waals surface area contributed by atoms with Crippen LogP contribution in [0.5, 0.6) is 0 Å². The molecule has 6 heteroatoms. The summed E-state index contributed by atoms with van der Waals surface area (Å²) >= 11 is 9.84. The van der Waals surface area contributed by atoms with Crippen LogP contribution in [-0.2, 0) is 0 Å². The molecule has 0 spiro atoms. The van der Waals surface area contributed by atoms with Gasteiger partial charge in [-0.2, -0.15) is 0 Å². The van der Waals surface area contributed by atoms with Gasteiger partial charge in [-0.25, -0.2) is 4.79 Å². The highest BCUT2D eigenvalue weighted by atomic mass is 79.9. The third-order valence-electron chi connectivity index (χ3n) is 2.63. The molecule has 3 rings (SSSR count). The zero-order chi connectivity index (χ0) is 12.9. The van der Waals surface area contributed by atoms with Crippen LogP contribution in [0.15, 0.2) is 37.3 Å². The molecule has 0 aliphatic rings. The molecule has 0 bridgehead atoms. The van der Waals surface area contributed by atoms with E-state index >= 15 is 0 Å². The van der Waals surface area contributed by atoms with Crippen LogP contribution < -0.4 is 11.4 Å². The number of fused-ring (bicyclic) bond motifs is 3. The number of thiophene rings is 1. The van der Waals surface area contributed by atoms with Gasteiger partial charge in [-0.3, -0.25) is 0 Å². The molecule has 2 aromatic heterocycles. The Kier molecular flexibility index (Phi) is 2.73. The summed E-state index contributed by atoms with van der Waals surface area (Å²) in [7, 11) is 0. The highest BCUT2D eigenvalue weighted by molar-refractivity contribution is 9.11. The summed E-state index contributed by atoms with van der Waals surface area (Å²) in [6, 6.07) is 7.49. The Bertz CT molecular complexity index is 850. The third-order valence-corrected chi connectivity index (χ3v) is 4.45. The zero-order valence-electron chi connectivity index (χ0n) is 8.90. The van der Waals surface area contributed by atoms with Crippen molar-refractivity contribution in [1.82, 2.24) is 0 Å². The monoisotopic (exact) mass is 339 g/mol. The Balaban J connectivity index is 2.49. The zero-order valence-corrected chi connectivity index (χ0v) is 12.1. The van der Waals surface area contributed by atoms with Crippen molar-refractivity contribution in [2.45, 2.75) is 0 Å². The highest BCUT2D eigenvalue weighted by Gasteiger charge is 2.11. The van der Waals surface area contributed by atoms with E-state index in [0.29, 0.717) is 5.58 Å². The average Bonchev–Trinajstić information content (AvgIpc) is 2.69. The average molecular weight is 340 g/mol. The molecule has 0 unspecified atom stereocenters. The standard InChI is InChI=1S/C12H6BrNO2S2/c13-9-4-6-8(18-9)2-1-5-3-7(11(14)17)12(15)16-10(5)6/h1-4H,(H2,14,17). The summed E-state index contributed by atoms with van der Waals surface area (Å²) in [4.78, 5) is 11.8. The summed E-state index contributed by atoms with van der Waals surface area (Å²) in [6.45, 7) is 0. The van der Waals surface area contributed by atoms with Crippen molar-refractivity contribution in [3.05, 3.63) is 44.0 Å². The van der Waals surface area contributed by atoms with E-state index in [0.717, 1.165) is 19.3 Å². The lowest BCUT2D eigenvalue weighted by Gasteiger charge is -2.01. The van der Waals surface area contributed by atoms with E-state index in [4.69, 9.17) is 22.4 Å². The predicted molar refractivity (Wildman–Crippen MR) is 81.5 cm³/mol. The van der Waals surface area contributed by atoms with Crippen LogP contribution in [0.4, 0.5) is 0 Å². The summed E-state index contributed by atoms with van der Waals surface area (Å²) < 4.78 is 7.39. The fraction of sp³-hybridized carbons (Fsp3) is 0. The largest absolute Gasteiger partial charge is 0.422 e. The second-order valence-electron chi connectivity index (χ2n) is 3.76. The molecule has 2 heterocycles. The van der Waals surface area contributed by atoms with Gasteiger partial charge in [0.2, 0.25) is 0 Å². The molecule has 0 saturated carbocycles. The Labute approximate surface area is 119 Å². The first-order valence-corrected chi connectivity index (χ1v) is 7.04. The molecule has 18 heavy (non-hydrogen) atoms. The molecule has 0 aliphatic heterocycles. The molecule has 0 radical (unpaired) electrons. The van der Waals surface area contributed by atoms with E-state index in [-0.39, 0.29) is 10.6 Å². The summed E-state index contributed by atoms with van der Waals surface area (Å²) in [5.74, 6) is 0. The SMILES string of the molecule is NC(=S)c1cc2ccc3sc(Br)cc3c2oc1=O. The van der Waals surface area contributed by atoms with Gasteiger partial charge in [0.1, 0.15) is 10.6 Å². The summed E-state index contributed by atoms with van der Waals surface area (Å²) in [5, 5.41) is 1.73. The molecule has 90 valence electrons. The summed E-state index contributed by atoms with van der Waals surface area (Å²) in [6.07, 6.45) is 0. The van der Waals surface area contributed by atoms with Gasteiger partial charge >= 0.3 is 5.63 Å². The van der Waals surface area contributed by atoms with E-state index in [1.54, 1.807) is 17.4 Å². The number of rotatable bonds is 1. The third kappa shape index (κ3) is 1.77. The van der Waals surface area contributed by atoms with Crippen LogP contribution in [0.1, 0.15) is 5.56 Å². The fourth-order valence-corrected chi connectivity index (χ4v) is 3.51. The van der Waals surface area contributed by atoms with Crippen LogP contribution in [-0.4, -0.2) is 4.99 Å². The van der Waals surface area contributed by atoms with Crippen molar-refractivity contribution in [1.29, 1.82) is 0 Å². The molecule has 0 saturated heterocycles. The number of thiocarbonyl (C=S) groups is 1. The second-order valence-corrected chi connectivity index (χ2v) is 6.66. The maximum Gasteiger partial charge on any atom is 0.346 e. The minimum absolute atomic E-state index is 0.0530. The first kappa shape index (κ1) is 11.8. The minimum atomic E-state index is -0.496. The van der Waals surface area contributed by atoms with Crippen molar-refractivity contribution >= 4 is 65.5 Å². The van der Waals surface area contributed by atoms with Crippen molar-refractivity contribution in [2.24, 2.45) is 5.73 Å². The van der Waals surface area contributed by atoms with Gasteiger partial charge < -0.3 is 10.2 Å². The lowest BCUT2D eigenvalue weighted by molar-refractivity contribution is 0.562. The normalized spacial score (nSPS) is 11.2. The van der Waals surface area contributed by atoms with Crippen LogP contribution in [0, 0.1) is 0 Å². The fourth-order valence-electron chi connectivity index (χ4n) is 1.83. The van der Waals surface area contributed by atoms with Gasteiger partial charge in [0, 0.05) is 15.5 Å². The van der Waals surface area contributed by atoms with Crippen LogP contribution in [0.3, 0.4) is 0 Å². The smallest absolute Gasteiger partial charge is 0.346 e. The molecule has 0 amide bonds. The lowest BCUT2D eigenvalue weighted by Crippen LogP contribution is -2.19. The van der Waals surface area contributed by atoms with E-state index in [1.807, 2.05) is 18.2 Å². The Morgan fingerprint density at radius 1 is 1.39 bits per heavy atom. The Morgan fingerprint density at radius 3 is 2.89 bits per heavy atom. The highest BCUT2D eigenvalue weighted by Crippen LogP contribution is 2.34. The van der Waals surface area contributed by atoms with E-state index in [2.05, 4.69) is 15.9 Å². The summed E-state index contributed by atoms with van der Waals surface area (Å²) in [5.41, 5.74) is 5.80. The minimum Gasteiger partial charge on any atom is -0.422 e. The quantitative estimate of drug-likeness (QED) is 0.545. The predicted octanol–water partition coefficient (Wildman–Crippen LogP) is 3.40. The van der Waals surface area contributed by atoms with Crippen molar-refractivity contribution in [3.63, 3.8) is 0 Å². The lowest BCUT2D eigenvalue weighted by atomic mass is 10.1. The molecule has 0 aliphatic carbocycles. The topological polar surface area (TPSA) is 56.2 Å². The molecule has 0 fully saturated rings. The van der Waals surface area contributed by atoms with Crippen molar-refractivity contribution in [2.75, 3.05) is 0 Å². The van der Waals surface area contributed by atoms with Gasteiger partial charge in [0.25, 0.3) is 0 Å². The van der Waals surface area contributed by atoms with Crippen LogP contribution >= 0.6 is 39.5 Å². The molecule has 2 N–H and O–H groups in total. The molecular weight excluding hydrogens is 334 g/mol. The van der Waals surface area contributed by atoms with E-state index in [9.17, 15) is 4.79 Å². The van der Waals surface area contributed by atoms with E-state index < -0.39 is 5.63 Å². The van der Waals surface area contributed by atoms with Gasteiger partial charge in [-0.05, 0) is 40.2 Å².